The van der Waals surface area contributed by atoms with Crippen LogP contribution in [-0.4, -0.2) is 11.7 Å². The molecule has 0 bridgehead atoms. The normalized spacial score (nSPS) is 18.0. The summed E-state index contributed by atoms with van der Waals surface area (Å²) in [4.78, 5) is 0. The highest BCUT2D eigenvalue weighted by atomic mass is 16.5. The van der Waals surface area contributed by atoms with Crippen LogP contribution in [0.3, 0.4) is 0 Å². The predicted octanol–water partition coefficient (Wildman–Crippen LogP) is 4.46. The van der Waals surface area contributed by atoms with E-state index in [9.17, 15) is 5.11 Å². The highest BCUT2D eigenvalue weighted by molar-refractivity contribution is 5.96. The molecular formula is C18H22O2. The highest BCUT2D eigenvalue weighted by Gasteiger charge is 2.26. The van der Waals surface area contributed by atoms with E-state index in [1.54, 1.807) is 0 Å². The molecule has 1 N–H and O–H groups in total. The van der Waals surface area contributed by atoms with Crippen LogP contribution in [0, 0.1) is 5.92 Å². The van der Waals surface area contributed by atoms with Gasteiger partial charge in [-0.05, 0) is 32.1 Å². The molecule has 2 aromatic rings. The van der Waals surface area contributed by atoms with Crippen LogP contribution in [0.15, 0.2) is 24.3 Å². The van der Waals surface area contributed by atoms with E-state index in [0.29, 0.717) is 18.3 Å². The summed E-state index contributed by atoms with van der Waals surface area (Å²) in [6, 6.07) is 8.02. The highest BCUT2D eigenvalue weighted by Crippen LogP contribution is 2.44. The molecule has 20 heavy (non-hydrogen) atoms. The summed E-state index contributed by atoms with van der Waals surface area (Å²) in [5.41, 5.74) is 2.35. The molecule has 0 fully saturated rings. The van der Waals surface area contributed by atoms with Gasteiger partial charge in [0.2, 0.25) is 0 Å². The zero-order chi connectivity index (χ0) is 14.1. The first-order valence-corrected chi connectivity index (χ1v) is 7.64. The topological polar surface area (TPSA) is 29.5 Å². The molecular weight excluding hydrogens is 248 g/mol. The molecule has 0 amide bonds. The molecule has 106 valence electrons. The van der Waals surface area contributed by atoms with Gasteiger partial charge >= 0.3 is 0 Å². The zero-order valence-corrected chi connectivity index (χ0v) is 12.3. The lowest BCUT2D eigenvalue weighted by molar-refractivity contribution is 0.332. The molecule has 0 spiro atoms. The van der Waals surface area contributed by atoms with Crippen LogP contribution in [-0.2, 0) is 12.8 Å². The summed E-state index contributed by atoms with van der Waals surface area (Å²) in [7, 11) is 0. The second kappa shape index (κ2) is 5.35. The second-order valence-electron chi connectivity index (χ2n) is 5.63. The van der Waals surface area contributed by atoms with E-state index in [0.717, 1.165) is 34.9 Å². The number of hydrogen-bond donors (Lipinski definition) is 1. The van der Waals surface area contributed by atoms with E-state index >= 15 is 0 Å². The van der Waals surface area contributed by atoms with Crippen LogP contribution >= 0.6 is 0 Å². The zero-order valence-electron chi connectivity index (χ0n) is 12.3. The minimum absolute atomic E-state index is 0.470. The number of rotatable bonds is 3. The molecule has 0 aromatic heterocycles. The van der Waals surface area contributed by atoms with Gasteiger partial charge in [-0.2, -0.15) is 0 Å². The first-order valence-electron chi connectivity index (χ1n) is 7.64. The van der Waals surface area contributed by atoms with Crippen LogP contribution in [0.4, 0.5) is 0 Å². The van der Waals surface area contributed by atoms with Gasteiger partial charge in [-0.25, -0.2) is 0 Å². The van der Waals surface area contributed by atoms with Crippen LogP contribution in [0.1, 0.15) is 37.8 Å². The number of phenolic OH excluding ortho intramolecular Hbond substituents is 1. The summed E-state index contributed by atoms with van der Waals surface area (Å²) >= 11 is 0. The Kier molecular flexibility index (Phi) is 3.56. The number of phenols is 1. The first kappa shape index (κ1) is 13.3. The number of hydrogen-bond acceptors (Lipinski definition) is 2. The number of benzene rings is 2. The van der Waals surface area contributed by atoms with Gasteiger partial charge in [0, 0.05) is 21.9 Å². The summed E-state index contributed by atoms with van der Waals surface area (Å²) < 4.78 is 5.93. The molecule has 2 heteroatoms. The van der Waals surface area contributed by atoms with Crippen LogP contribution in [0.2, 0.25) is 0 Å². The monoisotopic (exact) mass is 270 g/mol. The third-order valence-electron chi connectivity index (χ3n) is 4.51. The fourth-order valence-corrected chi connectivity index (χ4v) is 3.37. The van der Waals surface area contributed by atoms with Gasteiger partial charge in [0.1, 0.15) is 11.5 Å². The Hall–Kier alpha value is -1.70. The second-order valence-corrected chi connectivity index (χ2v) is 5.63. The lowest BCUT2D eigenvalue weighted by atomic mass is 9.80. The van der Waals surface area contributed by atoms with Gasteiger partial charge in [0.15, 0.2) is 0 Å². The maximum atomic E-state index is 10.6. The summed E-state index contributed by atoms with van der Waals surface area (Å²) in [5, 5.41) is 12.6. The Morgan fingerprint density at radius 2 is 1.90 bits per heavy atom. The van der Waals surface area contributed by atoms with Crippen molar-refractivity contribution >= 4 is 10.8 Å². The molecule has 1 unspecified atom stereocenters. The molecule has 1 atom stereocenters. The quantitative estimate of drug-likeness (QED) is 0.892. The van der Waals surface area contributed by atoms with Gasteiger partial charge in [-0.3, -0.25) is 0 Å². The van der Waals surface area contributed by atoms with Gasteiger partial charge in [0.05, 0.1) is 6.61 Å². The fourth-order valence-electron chi connectivity index (χ4n) is 3.37. The van der Waals surface area contributed by atoms with Crippen LogP contribution < -0.4 is 4.74 Å². The van der Waals surface area contributed by atoms with Crippen molar-refractivity contribution in [3.8, 4) is 11.5 Å². The Balaban J connectivity index is 2.26. The Morgan fingerprint density at radius 3 is 2.60 bits per heavy atom. The Bertz CT molecular complexity index is 631. The van der Waals surface area contributed by atoms with E-state index in [-0.39, 0.29) is 0 Å². The third-order valence-corrected chi connectivity index (χ3v) is 4.51. The summed E-state index contributed by atoms with van der Waals surface area (Å²) in [6.45, 7) is 4.92. The van der Waals surface area contributed by atoms with Crippen molar-refractivity contribution in [3.63, 3.8) is 0 Å². The number of fused-ring (bicyclic) bond motifs is 2. The van der Waals surface area contributed by atoms with Crippen LogP contribution in [0.5, 0.6) is 11.5 Å². The van der Waals surface area contributed by atoms with Crippen LogP contribution in [0.25, 0.3) is 10.8 Å². The molecule has 0 heterocycles. The van der Waals surface area contributed by atoms with Crippen molar-refractivity contribution in [2.45, 2.75) is 39.5 Å². The predicted molar refractivity (Wildman–Crippen MR) is 82.6 cm³/mol. The average Bonchev–Trinajstić information content (AvgIpc) is 2.51. The van der Waals surface area contributed by atoms with Crippen molar-refractivity contribution in [2.75, 3.05) is 6.61 Å². The lowest BCUT2D eigenvalue weighted by Gasteiger charge is -2.27. The third kappa shape index (κ3) is 2.04. The van der Waals surface area contributed by atoms with Gasteiger partial charge in [-0.1, -0.05) is 37.6 Å². The molecule has 0 saturated carbocycles. The summed E-state index contributed by atoms with van der Waals surface area (Å²) in [6.07, 6.45) is 4.36. The van der Waals surface area contributed by atoms with Crippen molar-refractivity contribution < 1.29 is 9.84 Å². The van der Waals surface area contributed by atoms with E-state index in [2.05, 4.69) is 6.92 Å². The van der Waals surface area contributed by atoms with E-state index in [1.165, 1.54) is 18.4 Å². The summed E-state index contributed by atoms with van der Waals surface area (Å²) in [5.74, 6) is 2.15. The molecule has 0 aliphatic heterocycles. The molecule has 2 nitrogen and oxygen atoms in total. The molecule has 1 aliphatic rings. The first-order chi connectivity index (χ1) is 9.76. The van der Waals surface area contributed by atoms with Crippen molar-refractivity contribution in [2.24, 2.45) is 5.92 Å². The number of aromatic hydroxyl groups is 1. The molecule has 0 saturated heterocycles. The van der Waals surface area contributed by atoms with Gasteiger partial charge in [-0.15, -0.1) is 0 Å². The van der Waals surface area contributed by atoms with Crippen molar-refractivity contribution in [3.05, 3.63) is 35.4 Å². The van der Waals surface area contributed by atoms with E-state index in [4.69, 9.17) is 4.74 Å². The maximum Gasteiger partial charge on any atom is 0.130 e. The van der Waals surface area contributed by atoms with E-state index in [1.807, 2.05) is 31.2 Å². The van der Waals surface area contributed by atoms with Crippen molar-refractivity contribution in [1.29, 1.82) is 0 Å². The number of ether oxygens (including phenoxy) is 1. The standard InChI is InChI=1S/C18H22O2/c1-3-12-9-10-15-16(11-12)17(19)13-7-5-6-8-14(13)18(15)20-4-2/h5-8,12,19H,3-4,9-11H2,1-2H3. The van der Waals surface area contributed by atoms with Gasteiger partial charge < -0.3 is 9.84 Å². The lowest BCUT2D eigenvalue weighted by Crippen LogP contribution is -2.15. The minimum atomic E-state index is 0.470. The average molecular weight is 270 g/mol. The Morgan fingerprint density at radius 1 is 1.15 bits per heavy atom. The fraction of sp³-hybridized carbons (Fsp3) is 0.444. The Labute approximate surface area is 120 Å². The minimum Gasteiger partial charge on any atom is -0.507 e. The molecule has 1 aliphatic carbocycles. The maximum absolute atomic E-state index is 10.6. The van der Waals surface area contributed by atoms with Gasteiger partial charge in [0.25, 0.3) is 0 Å². The molecule has 3 rings (SSSR count). The smallest absolute Gasteiger partial charge is 0.130 e. The SMILES string of the molecule is CCOc1c2c(c(O)c3ccccc13)CC(CC)CC2. The van der Waals surface area contributed by atoms with E-state index < -0.39 is 0 Å². The largest absolute Gasteiger partial charge is 0.507 e. The molecule has 0 radical (unpaired) electrons. The molecule has 2 aromatic carbocycles. The van der Waals surface area contributed by atoms with Crippen molar-refractivity contribution in [1.82, 2.24) is 0 Å².